The zero-order chi connectivity index (χ0) is 15.9. The highest BCUT2D eigenvalue weighted by atomic mass is 19.4. The van der Waals surface area contributed by atoms with Crippen molar-refractivity contribution in [2.24, 2.45) is 5.73 Å². The molecule has 1 rings (SSSR count). The highest BCUT2D eigenvalue weighted by molar-refractivity contribution is 5.91. The molecule has 0 radical (unpaired) electrons. The SMILES string of the molecule is COC(CN)CC(=O)Nc1ccc(CCC(F)(F)F)cc1. The number of aryl methyl sites for hydroxylation is 1. The second-order valence-corrected chi connectivity index (χ2v) is 4.66. The quantitative estimate of drug-likeness (QED) is 0.813. The van der Waals surface area contributed by atoms with Crippen molar-refractivity contribution in [2.45, 2.75) is 31.5 Å². The van der Waals surface area contributed by atoms with E-state index in [2.05, 4.69) is 5.32 Å². The fourth-order valence-corrected chi connectivity index (χ4v) is 1.72. The van der Waals surface area contributed by atoms with Crippen LogP contribution in [0.3, 0.4) is 0 Å². The van der Waals surface area contributed by atoms with E-state index < -0.39 is 12.6 Å². The smallest absolute Gasteiger partial charge is 0.380 e. The summed E-state index contributed by atoms with van der Waals surface area (Å²) in [5, 5.41) is 2.64. The average molecular weight is 304 g/mol. The average Bonchev–Trinajstić information content (AvgIpc) is 2.43. The van der Waals surface area contributed by atoms with Crippen LogP contribution in [0.5, 0.6) is 0 Å². The number of halogens is 3. The van der Waals surface area contributed by atoms with Crippen molar-refractivity contribution in [1.29, 1.82) is 0 Å². The molecule has 1 amide bonds. The predicted octanol–water partition coefficient (Wildman–Crippen LogP) is 2.48. The molecule has 0 aliphatic heterocycles. The number of nitrogens with one attached hydrogen (secondary N) is 1. The molecule has 1 atom stereocenters. The number of carbonyl (C=O) groups excluding carboxylic acids is 1. The minimum Gasteiger partial charge on any atom is -0.380 e. The summed E-state index contributed by atoms with van der Waals surface area (Å²) in [7, 11) is 1.47. The van der Waals surface area contributed by atoms with Crippen molar-refractivity contribution in [2.75, 3.05) is 19.0 Å². The van der Waals surface area contributed by atoms with E-state index in [0.717, 1.165) is 0 Å². The number of methoxy groups -OCH3 is 1. The Balaban J connectivity index is 2.49. The first-order valence-electron chi connectivity index (χ1n) is 6.52. The van der Waals surface area contributed by atoms with Crippen LogP contribution < -0.4 is 11.1 Å². The Morgan fingerprint density at radius 3 is 2.43 bits per heavy atom. The van der Waals surface area contributed by atoms with Gasteiger partial charge in [0.25, 0.3) is 0 Å². The van der Waals surface area contributed by atoms with Gasteiger partial charge in [0.2, 0.25) is 5.91 Å². The fourth-order valence-electron chi connectivity index (χ4n) is 1.72. The van der Waals surface area contributed by atoms with Gasteiger partial charge in [0.05, 0.1) is 12.5 Å². The predicted molar refractivity (Wildman–Crippen MR) is 73.9 cm³/mol. The lowest BCUT2D eigenvalue weighted by Gasteiger charge is -2.13. The Bertz CT molecular complexity index is 443. The number of hydrogen-bond donors (Lipinski definition) is 2. The third-order valence-electron chi connectivity index (χ3n) is 2.94. The van der Waals surface area contributed by atoms with Gasteiger partial charge >= 0.3 is 6.18 Å². The van der Waals surface area contributed by atoms with E-state index >= 15 is 0 Å². The van der Waals surface area contributed by atoms with Gasteiger partial charge in [-0.1, -0.05) is 12.1 Å². The lowest BCUT2D eigenvalue weighted by molar-refractivity contribution is -0.134. The van der Waals surface area contributed by atoms with E-state index in [-0.39, 0.29) is 31.4 Å². The summed E-state index contributed by atoms with van der Waals surface area (Å²) in [6, 6.07) is 6.29. The number of ether oxygens (including phenoxy) is 1. The molecule has 118 valence electrons. The van der Waals surface area contributed by atoms with Crippen LogP contribution in [0.25, 0.3) is 0 Å². The van der Waals surface area contributed by atoms with E-state index in [0.29, 0.717) is 11.3 Å². The van der Waals surface area contributed by atoms with Gasteiger partial charge in [-0.3, -0.25) is 4.79 Å². The molecule has 0 bridgehead atoms. The molecule has 0 aromatic heterocycles. The zero-order valence-electron chi connectivity index (χ0n) is 11.7. The van der Waals surface area contributed by atoms with Crippen LogP contribution in [0.2, 0.25) is 0 Å². The molecule has 0 heterocycles. The van der Waals surface area contributed by atoms with E-state index in [1.54, 1.807) is 24.3 Å². The minimum atomic E-state index is -4.16. The van der Waals surface area contributed by atoms with Crippen LogP contribution in [-0.2, 0) is 16.0 Å². The number of hydrogen-bond acceptors (Lipinski definition) is 3. The third-order valence-corrected chi connectivity index (χ3v) is 2.94. The van der Waals surface area contributed by atoms with Gasteiger partial charge in [-0.2, -0.15) is 13.2 Å². The van der Waals surface area contributed by atoms with Crippen LogP contribution in [0.15, 0.2) is 24.3 Å². The molecule has 0 aliphatic rings. The van der Waals surface area contributed by atoms with Crippen LogP contribution >= 0.6 is 0 Å². The molecule has 3 N–H and O–H groups in total. The molecular formula is C14H19F3N2O2. The van der Waals surface area contributed by atoms with Gasteiger partial charge in [-0.15, -0.1) is 0 Å². The Labute approximate surface area is 121 Å². The summed E-state index contributed by atoms with van der Waals surface area (Å²) >= 11 is 0. The Kier molecular flexibility index (Phi) is 6.64. The van der Waals surface area contributed by atoms with Crippen molar-refractivity contribution in [3.8, 4) is 0 Å². The summed E-state index contributed by atoms with van der Waals surface area (Å²) in [5.41, 5.74) is 6.52. The molecule has 0 spiro atoms. The van der Waals surface area contributed by atoms with Gasteiger partial charge < -0.3 is 15.8 Å². The van der Waals surface area contributed by atoms with Gasteiger partial charge in [0, 0.05) is 25.8 Å². The van der Waals surface area contributed by atoms with Crippen molar-refractivity contribution in [3.63, 3.8) is 0 Å². The normalized spacial score (nSPS) is 13.0. The molecule has 4 nitrogen and oxygen atoms in total. The highest BCUT2D eigenvalue weighted by Crippen LogP contribution is 2.22. The number of anilines is 1. The second kappa shape index (κ2) is 7.99. The molecule has 1 aromatic carbocycles. The number of amides is 1. The number of rotatable bonds is 7. The molecule has 0 saturated carbocycles. The monoisotopic (exact) mass is 304 g/mol. The highest BCUT2D eigenvalue weighted by Gasteiger charge is 2.26. The molecule has 0 saturated heterocycles. The summed E-state index contributed by atoms with van der Waals surface area (Å²) in [6.07, 6.45) is -5.31. The molecule has 0 aliphatic carbocycles. The lowest BCUT2D eigenvalue weighted by atomic mass is 10.1. The van der Waals surface area contributed by atoms with Gasteiger partial charge in [-0.05, 0) is 24.1 Å². The maximum Gasteiger partial charge on any atom is 0.389 e. The first kappa shape index (κ1) is 17.5. The van der Waals surface area contributed by atoms with E-state index in [4.69, 9.17) is 10.5 Å². The minimum absolute atomic E-state index is 0.0728. The molecule has 7 heteroatoms. The first-order chi connectivity index (χ1) is 9.84. The van der Waals surface area contributed by atoms with Crippen molar-refractivity contribution in [3.05, 3.63) is 29.8 Å². The zero-order valence-corrected chi connectivity index (χ0v) is 11.7. The van der Waals surface area contributed by atoms with E-state index in [9.17, 15) is 18.0 Å². The number of nitrogens with two attached hydrogens (primary N) is 1. The molecule has 21 heavy (non-hydrogen) atoms. The third kappa shape index (κ3) is 7.10. The first-order valence-corrected chi connectivity index (χ1v) is 6.52. The Morgan fingerprint density at radius 1 is 1.33 bits per heavy atom. The lowest BCUT2D eigenvalue weighted by Crippen LogP contribution is -2.28. The van der Waals surface area contributed by atoms with Gasteiger partial charge in [-0.25, -0.2) is 0 Å². The topological polar surface area (TPSA) is 64.3 Å². The Hall–Kier alpha value is -1.60. The number of alkyl halides is 3. The summed E-state index contributed by atoms with van der Waals surface area (Å²) < 4.78 is 41.3. The largest absolute Gasteiger partial charge is 0.389 e. The summed E-state index contributed by atoms with van der Waals surface area (Å²) in [4.78, 5) is 11.7. The summed E-state index contributed by atoms with van der Waals surface area (Å²) in [6.45, 7) is 0.236. The van der Waals surface area contributed by atoms with Crippen LogP contribution in [-0.4, -0.2) is 31.8 Å². The number of carbonyl (C=O) groups is 1. The van der Waals surface area contributed by atoms with Crippen LogP contribution in [0.4, 0.5) is 18.9 Å². The molecule has 1 aromatic rings. The van der Waals surface area contributed by atoms with Crippen LogP contribution in [0.1, 0.15) is 18.4 Å². The molecule has 0 fully saturated rings. The van der Waals surface area contributed by atoms with Crippen molar-refractivity contribution in [1.82, 2.24) is 0 Å². The van der Waals surface area contributed by atoms with Gasteiger partial charge in [0.15, 0.2) is 0 Å². The van der Waals surface area contributed by atoms with Crippen LogP contribution in [0, 0.1) is 0 Å². The standard InChI is InChI=1S/C14H19F3N2O2/c1-21-12(9-18)8-13(20)19-11-4-2-10(3-5-11)6-7-14(15,16)17/h2-5,12H,6-9,18H2,1H3,(H,19,20). The van der Waals surface area contributed by atoms with Crippen molar-refractivity contribution >= 4 is 11.6 Å². The maximum absolute atomic E-state index is 12.1. The van der Waals surface area contributed by atoms with Gasteiger partial charge in [0.1, 0.15) is 0 Å². The Morgan fingerprint density at radius 2 is 1.95 bits per heavy atom. The fraction of sp³-hybridized carbons (Fsp3) is 0.500. The van der Waals surface area contributed by atoms with E-state index in [1.165, 1.54) is 7.11 Å². The number of benzene rings is 1. The van der Waals surface area contributed by atoms with E-state index in [1.807, 2.05) is 0 Å². The molecule has 1 unspecified atom stereocenters. The maximum atomic E-state index is 12.1. The summed E-state index contributed by atoms with van der Waals surface area (Å²) in [5.74, 6) is -0.254. The second-order valence-electron chi connectivity index (χ2n) is 4.66. The van der Waals surface area contributed by atoms with Crippen molar-refractivity contribution < 1.29 is 22.7 Å². The molecular weight excluding hydrogens is 285 g/mol.